The average Bonchev–Trinajstić information content (AvgIpc) is 3.22. The fraction of sp³-hybridized carbons (Fsp3) is 0.312. The van der Waals surface area contributed by atoms with Crippen LogP contribution in [-0.2, 0) is 16.6 Å². The maximum atomic E-state index is 12.7. The molecule has 2 aromatic heterocycles. The van der Waals surface area contributed by atoms with Crippen LogP contribution in [0.5, 0.6) is 0 Å². The maximum absolute atomic E-state index is 12.7. The van der Waals surface area contributed by atoms with Gasteiger partial charge in [-0.25, -0.2) is 18.4 Å². The Kier molecular flexibility index (Phi) is 3.89. The van der Waals surface area contributed by atoms with Crippen molar-refractivity contribution in [3.05, 3.63) is 49.1 Å². The molecule has 0 saturated carbocycles. The van der Waals surface area contributed by atoms with Gasteiger partial charge in [-0.05, 0) is 12.1 Å². The molecule has 25 heavy (non-hydrogen) atoms. The molecule has 1 aliphatic heterocycles. The van der Waals surface area contributed by atoms with E-state index in [4.69, 9.17) is 4.42 Å². The normalized spacial score (nSPS) is 16.0. The minimum atomic E-state index is -3.46. The van der Waals surface area contributed by atoms with Crippen molar-refractivity contribution in [3.8, 4) is 11.3 Å². The number of sulfonamides is 1. The van der Waals surface area contributed by atoms with Gasteiger partial charge in [0.25, 0.3) is 0 Å². The van der Waals surface area contributed by atoms with Crippen LogP contribution in [0.2, 0.25) is 0 Å². The van der Waals surface area contributed by atoms with Crippen LogP contribution in [0.25, 0.3) is 11.3 Å². The molecular formula is C16H17N5O3S. The molecule has 0 unspecified atom stereocenters. The van der Waals surface area contributed by atoms with Gasteiger partial charge < -0.3 is 4.42 Å². The van der Waals surface area contributed by atoms with Gasteiger partial charge in [-0.1, -0.05) is 12.1 Å². The Morgan fingerprint density at radius 3 is 2.60 bits per heavy atom. The molecule has 0 N–H and O–H groups in total. The highest BCUT2D eigenvalue weighted by atomic mass is 32.2. The number of rotatable bonds is 5. The topological polar surface area (TPSA) is 94.1 Å². The van der Waals surface area contributed by atoms with Crippen molar-refractivity contribution >= 4 is 10.0 Å². The van der Waals surface area contributed by atoms with E-state index in [0.717, 1.165) is 5.56 Å². The summed E-state index contributed by atoms with van der Waals surface area (Å²) < 4.78 is 33.7. The molecule has 1 fully saturated rings. The highest BCUT2D eigenvalue weighted by molar-refractivity contribution is 7.89. The Morgan fingerprint density at radius 1 is 1.24 bits per heavy atom. The van der Waals surface area contributed by atoms with Crippen molar-refractivity contribution in [1.29, 1.82) is 0 Å². The van der Waals surface area contributed by atoms with E-state index in [9.17, 15) is 8.42 Å². The molecule has 0 spiro atoms. The van der Waals surface area contributed by atoms with Crippen LogP contribution in [-0.4, -0.2) is 45.6 Å². The summed E-state index contributed by atoms with van der Waals surface area (Å²) in [6.07, 6.45) is 4.68. The van der Waals surface area contributed by atoms with Crippen LogP contribution < -0.4 is 0 Å². The zero-order valence-corrected chi connectivity index (χ0v) is 14.4. The second-order valence-corrected chi connectivity index (χ2v) is 8.02. The molecule has 1 saturated heterocycles. The predicted octanol–water partition coefficient (Wildman–Crippen LogP) is 1.56. The summed E-state index contributed by atoms with van der Waals surface area (Å²) in [5, 5.41) is 4.05. The minimum absolute atomic E-state index is 0.258. The largest absolute Gasteiger partial charge is 0.449 e. The quantitative estimate of drug-likeness (QED) is 0.686. The number of hydrogen-bond acceptors (Lipinski definition) is 6. The number of hydrogen-bond donors (Lipinski definition) is 0. The zero-order chi connectivity index (χ0) is 17.4. The predicted molar refractivity (Wildman–Crippen MR) is 88.9 cm³/mol. The first-order valence-electron chi connectivity index (χ1n) is 7.87. The molecule has 8 nitrogen and oxygen atoms in total. The number of benzene rings is 1. The van der Waals surface area contributed by atoms with E-state index in [2.05, 4.69) is 15.1 Å². The van der Waals surface area contributed by atoms with E-state index in [1.54, 1.807) is 48.5 Å². The summed E-state index contributed by atoms with van der Waals surface area (Å²) in [5.74, 6) is 0.833. The minimum Gasteiger partial charge on any atom is -0.449 e. The van der Waals surface area contributed by atoms with Crippen molar-refractivity contribution in [2.75, 3.05) is 13.1 Å². The van der Waals surface area contributed by atoms with Crippen LogP contribution in [0.15, 0.2) is 52.5 Å². The van der Waals surface area contributed by atoms with Crippen molar-refractivity contribution in [1.82, 2.24) is 24.1 Å². The maximum Gasteiger partial charge on any atom is 0.243 e. The number of aromatic nitrogens is 4. The van der Waals surface area contributed by atoms with Gasteiger partial charge in [-0.2, -0.15) is 9.40 Å². The van der Waals surface area contributed by atoms with Crippen molar-refractivity contribution in [3.63, 3.8) is 0 Å². The molecule has 0 atom stereocenters. The van der Waals surface area contributed by atoms with Crippen LogP contribution >= 0.6 is 0 Å². The van der Waals surface area contributed by atoms with E-state index in [-0.39, 0.29) is 10.8 Å². The first-order valence-corrected chi connectivity index (χ1v) is 9.31. The summed E-state index contributed by atoms with van der Waals surface area (Å²) in [5.41, 5.74) is 1.52. The lowest BCUT2D eigenvalue weighted by Crippen LogP contribution is -2.51. The molecule has 4 rings (SSSR count). The summed E-state index contributed by atoms with van der Waals surface area (Å²) in [6, 6.07) is 6.71. The molecule has 3 heterocycles. The number of nitrogens with zero attached hydrogens (tertiary/aromatic N) is 5. The smallest absolute Gasteiger partial charge is 0.243 e. The van der Waals surface area contributed by atoms with Gasteiger partial charge in [0, 0.05) is 38.0 Å². The summed E-state index contributed by atoms with van der Waals surface area (Å²) >= 11 is 0. The fourth-order valence-electron chi connectivity index (χ4n) is 2.87. The average molecular weight is 359 g/mol. The fourth-order valence-corrected chi connectivity index (χ4v) is 4.46. The van der Waals surface area contributed by atoms with Gasteiger partial charge in [0.1, 0.15) is 24.6 Å². The molecule has 1 aliphatic rings. The first-order chi connectivity index (χ1) is 12.0. The van der Waals surface area contributed by atoms with Gasteiger partial charge in [0.05, 0.1) is 4.90 Å². The Balaban J connectivity index is 1.44. The summed E-state index contributed by atoms with van der Waals surface area (Å²) in [6.45, 7) is 3.43. The van der Waals surface area contributed by atoms with E-state index >= 15 is 0 Å². The molecule has 1 aromatic carbocycles. The summed E-state index contributed by atoms with van der Waals surface area (Å²) in [4.78, 5) is 8.42. The molecule has 130 valence electrons. The van der Waals surface area contributed by atoms with Crippen LogP contribution in [0.3, 0.4) is 0 Å². The van der Waals surface area contributed by atoms with Crippen LogP contribution in [0.4, 0.5) is 0 Å². The molecule has 0 bridgehead atoms. The van der Waals surface area contributed by atoms with Crippen LogP contribution in [0.1, 0.15) is 5.89 Å². The molecule has 0 aliphatic carbocycles. The second-order valence-electron chi connectivity index (χ2n) is 6.08. The van der Waals surface area contributed by atoms with Crippen LogP contribution in [0, 0.1) is 12.8 Å². The standard InChI is InChI=1S/C16H17N5O3S/c1-12-19-16(9-24-12)14-2-4-15(5-3-14)25(22,23)21-7-13(8-21)6-20-11-17-10-18-20/h2-5,9-11,13H,6-8H2,1H3. The number of oxazole rings is 1. The third-order valence-electron chi connectivity index (χ3n) is 4.24. The van der Waals surface area contributed by atoms with Gasteiger partial charge in [-0.15, -0.1) is 0 Å². The third kappa shape index (κ3) is 3.08. The Labute approximate surface area is 145 Å². The molecule has 9 heteroatoms. The third-order valence-corrected chi connectivity index (χ3v) is 6.09. The molecular weight excluding hydrogens is 342 g/mol. The van der Waals surface area contributed by atoms with E-state index < -0.39 is 10.0 Å². The highest BCUT2D eigenvalue weighted by Gasteiger charge is 2.36. The molecule has 0 radical (unpaired) electrons. The zero-order valence-electron chi connectivity index (χ0n) is 13.6. The lowest BCUT2D eigenvalue weighted by molar-refractivity contribution is 0.174. The van der Waals surface area contributed by atoms with E-state index in [1.807, 2.05) is 0 Å². The van der Waals surface area contributed by atoms with Gasteiger partial charge in [-0.3, -0.25) is 4.68 Å². The van der Waals surface area contributed by atoms with E-state index in [1.165, 1.54) is 10.6 Å². The Hall–Kier alpha value is -2.52. The number of aryl methyl sites for hydroxylation is 1. The van der Waals surface area contributed by atoms with Crippen molar-refractivity contribution in [2.24, 2.45) is 5.92 Å². The first kappa shape index (κ1) is 16.0. The summed E-state index contributed by atoms with van der Waals surface area (Å²) in [7, 11) is -3.46. The lowest BCUT2D eigenvalue weighted by atomic mass is 10.0. The van der Waals surface area contributed by atoms with Gasteiger partial charge in [0.2, 0.25) is 10.0 Å². The Bertz CT molecular complexity index is 958. The van der Waals surface area contributed by atoms with E-state index in [0.29, 0.717) is 31.2 Å². The lowest BCUT2D eigenvalue weighted by Gasteiger charge is -2.37. The SMILES string of the molecule is Cc1nc(-c2ccc(S(=O)(=O)N3CC(Cn4cncn4)C3)cc2)co1. The van der Waals surface area contributed by atoms with Gasteiger partial charge >= 0.3 is 0 Å². The molecule has 0 amide bonds. The second kappa shape index (κ2) is 6.08. The van der Waals surface area contributed by atoms with Crippen molar-refractivity contribution in [2.45, 2.75) is 18.4 Å². The Morgan fingerprint density at radius 2 is 2.00 bits per heavy atom. The van der Waals surface area contributed by atoms with Crippen molar-refractivity contribution < 1.29 is 12.8 Å². The molecule has 3 aromatic rings. The van der Waals surface area contributed by atoms with Gasteiger partial charge in [0.15, 0.2) is 5.89 Å². The highest BCUT2D eigenvalue weighted by Crippen LogP contribution is 2.27. The monoisotopic (exact) mass is 359 g/mol.